The molecule has 0 saturated carbocycles. The van der Waals surface area contributed by atoms with Crippen LogP contribution in [0.4, 0.5) is 0 Å². The second-order valence-corrected chi connectivity index (χ2v) is 4.17. The summed E-state index contributed by atoms with van der Waals surface area (Å²) >= 11 is 6.90. The Morgan fingerprint density at radius 3 is 2.86 bits per heavy atom. The number of rotatable bonds is 4. The Balaban J connectivity index is 2.46. The fraction of sp³-hybridized carbons (Fsp3) is 0.375. The number of aliphatic carboxylic acids is 1. The van der Waals surface area contributed by atoms with Gasteiger partial charge in [0.25, 0.3) is 0 Å². The van der Waals surface area contributed by atoms with Gasteiger partial charge in [-0.05, 0) is 12.1 Å². The van der Waals surface area contributed by atoms with Gasteiger partial charge in [-0.15, -0.1) is 22.0 Å². The maximum absolute atomic E-state index is 10.5. The van der Waals surface area contributed by atoms with Crippen molar-refractivity contribution in [2.24, 2.45) is 5.92 Å². The molecule has 0 spiro atoms. The zero-order valence-corrected chi connectivity index (χ0v) is 9.05. The first-order valence-corrected chi connectivity index (χ1v) is 5.31. The van der Waals surface area contributed by atoms with Gasteiger partial charge in [0.2, 0.25) is 0 Å². The highest BCUT2D eigenvalue weighted by Gasteiger charge is 2.11. The Kier molecular flexibility index (Phi) is 4.16. The van der Waals surface area contributed by atoms with Gasteiger partial charge in [0.05, 0.1) is 5.92 Å². The summed E-state index contributed by atoms with van der Waals surface area (Å²) in [6.45, 7) is 1.65. The first-order valence-electron chi connectivity index (χ1n) is 3.94. The summed E-state index contributed by atoms with van der Waals surface area (Å²) in [7, 11) is 0. The molecule has 1 rings (SSSR count). The van der Waals surface area contributed by atoms with E-state index < -0.39 is 11.9 Å². The SMILES string of the molecule is CC(CSc1ccc(Cl)nn1)C(=O)O. The number of thioether (sulfide) groups is 1. The molecular weight excluding hydrogens is 224 g/mol. The zero-order valence-electron chi connectivity index (χ0n) is 7.48. The molecule has 1 heterocycles. The van der Waals surface area contributed by atoms with Gasteiger partial charge in [0, 0.05) is 5.75 Å². The van der Waals surface area contributed by atoms with Crippen molar-refractivity contribution in [2.45, 2.75) is 11.9 Å². The van der Waals surface area contributed by atoms with Gasteiger partial charge in [-0.3, -0.25) is 4.79 Å². The summed E-state index contributed by atoms with van der Waals surface area (Å²) in [5.74, 6) is -0.719. The molecule has 0 fully saturated rings. The van der Waals surface area contributed by atoms with Crippen LogP contribution in [0.1, 0.15) is 6.92 Å². The summed E-state index contributed by atoms with van der Waals surface area (Å²) < 4.78 is 0. The molecule has 0 aliphatic rings. The fourth-order valence-corrected chi connectivity index (χ4v) is 1.59. The Labute approximate surface area is 90.7 Å². The van der Waals surface area contributed by atoms with Crippen LogP contribution in [-0.4, -0.2) is 27.0 Å². The molecule has 4 nitrogen and oxygen atoms in total. The van der Waals surface area contributed by atoms with Crippen LogP contribution in [0.15, 0.2) is 17.2 Å². The Morgan fingerprint density at radius 2 is 2.36 bits per heavy atom. The standard InChI is InChI=1S/C8H9ClN2O2S/c1-5(8(12)13)4-14-7-3-2-6(9)10-11-7/h2-3,5H,4H2,1H3,(H,12,13). The minimum atomic E-state index is -0.806. The van der Waals surface area contributed by atoms with Crippen LogP contribution >= 0.6 is 23.4 Å². The minimum absolute atomic E-state index is 0.334. The lowest BCUT2D eigenvalue weighted by atomic mass is 10.2. The largest absolute Gasteiger partial charge is 0.481 e. The molecule has 1 unspecified atom stereocenters. The van der Waals surface area contributed by atoms with Gasteiger partial charge < -0.3 is 5.11 Å². The lowest BCUT2D eigenvalue weighted by Gasteiger charge is -2.03. The monoisotopic (exact) mass is 232 g/mol. The molecule has 1 atom stereocenters. The molecule has 14 heavy (non-hydrogen) atoms. The van der Waals surface area contributed by atoms with E-state index in [2.05, 4.69) is 10.2 Å². The number of carboxylic acid groups (broad SMARTS) is 1. The predicted octanol–water partition coefficient (Wildman–Crippen LogP) is 1.94. The third kappa shape index (κ3) is 3.51. The van der Waals surface area contributed by atoms with E-state index in [4.69, 9.17) is 16.7 Å². The second-order valence-electron chi connectivity index (χ2n) is 2.74. The Hall–Kier alpha value is -0.810. The quantitative estimate of drug-likeness (QED) is 0.804. The molecule has 0 saturated heterocycles. The molecule has 1 N–H and O–H groups in total. The van der Waals surface area contributed by atoms with Crippen LogP contribution in [-0.2, 0) is 4.79 Å². The summed E-state index contributed by atoms with van der Waals surface area (Å²) in [4.78, 5) is 10.5. The molecule has 76 valence electrons. The van der Waals surface area contributed by atoms with Crippen LogP contribution < -0.4 is 0 Å². The van der Waals surface area contributed by atoms with Gasteiger partial charge in [-0.2, -0.15) is 0 Å². The second kappa shape index (κ2) is 5.17. The zero-order chi connectivity index (χ0) is 10.6. The normalized spacial score (nSPS) is 12.4. The maximum Gasteiger partial charge on any atom is 0.307 e. The van der Waals surface area contributed by atoms with E-state index in [9.17, 15) is 4.79 Å². The van der Waals surface area contributed by atoms with Crippen molar-refractivity contribution in [3.05, 3.63) is 17.3 Å². The molecular formula is C8H9ClN2O2S. The molecule has 1 aromatic heterocycles. The summed E-state index contributed by atoms with van der Waals surface area (Å²) in [5.41, 5.74) is 0. The predicted molar refractivity (Wildman–Crippen MR) is 54.6 cm³/mol. The van der Waals surface area contributed by atoms with E-state index in [-0.39, 0.29) is 0 Å². The number of halogens is 1. The van der Waals surface area contributed by atoms with Crippen molar-refractivity contribution in [2.75, 3.05) is 5.75 Å². The van der Waals surface area contributed by atoms with E-state index in [1.54, 1.807) is 19.1 Å². The fourth-order valence-electron chi connectivity index (χ4n) is 0.662. The van der Waals surface area contributed by atoms with E-state index in [0.29, 0.717) is 15.9 Å². The van der Waals surface area contributed by atoms with E-state index >= 15 is 0 Å². The molecule has 0 aliphatic carbocycles. The van der Waals surface area contributed by atoms with Crippen LogP contribution in [0.25, 0.3) is 0 Å². The Bertz CT molecular complexity index is 318. The van der Waals surface area contributed by atoms with E-state index in [1.807, 2.05) is 0 Å². The van der Waals surface area contributed by atoms with Crippen molar-refractivity contribution in [3.63, 3.8) is 0 Å². The topological polar surface area (TPSA) is 63.1 Å². The van der Waals surface area contributed by atoms with Crippen molar-refractivity contribution in [1.29, 1.82) is 0 Å². The first-order chi connectivity index (χ1) is 6.59. The highest BCUT2D eigenvalue weighted by atomic mass is 35.5. The Morgan fingerprint density at radius 1 is 1.64 bits per heavy atom. The van der Waals surface area contributed by atoms with Crippen molar-refractivity contribution in [3.8, 4) is 0 Å². The van der Waals surface area contributed by atoms with Crippen molar-refractivity contribution in [1.82, 2.24) is 10.2 Å². The molecule has 0 radical (unpaired) electrons. The number of carbonyl (C=O) groups is 1. The van der Waals surface area contributed by atoms with E-state index in [0.717, 1.165) is 0 Å². The van der Waals surface area contributed by atoms with Gasteiger partial charge >= 0.3 is 5.97 Å². The number of nitrogens with zero attached hydrogens (tertiary/aromatic N) is 2. The average molecular weight is 233 g/mol. The van der Waals surface area contributed by atoms with E-state index in [1.165, 1.54) is 11.8 Å². The number of carboxylic acids is 1. The van der Waals surface area contributed by atoms with Crippen LogP contribution in [0.2, 0.25) is 5.15 Å². The van der Waals surface area contributed by atoms with Gasteiger partial charge in [-0.1, -0.05) is 18.5 Å². The van der Waals surface area contributed by atoms with Crippen molar-refractivity contribution < 1.29 is 9.90 Å². The van der Waals surface area contributed by atoms with Gasteiger partial charge in [0.1, 0.15) is 5.03 Å². The molecule has 6 heteroatoms. The molecule has 0 aliphatic heterocycles. The molecule has 0 amide bonds. The number of hydrogen-bond donors (Lipinski definition) is 1. The molecule has 0 bridgehead atoms. The third-order valence-electron chi connectivity index (χ3n) is 1.51. The molecule has 1 aromatic rings. The lowest BCUT2D eigenvalue weighted by molar-refractivity contribution is -0.140. The highest BCUT2D eigenvalue weighted by molar-refractivity contribution is 7.99. The minimum Gasteiger partial charge on any atom is -0.481 e. The van der Waals surface area contributed by atoms with Gasteiger partial charge in [-0.25, -0.2) is 0 Å². The van der Waals surface area contributed by atoms with Crippen LogP contribution in [0.5, 0.6) is 0 Å². The molecule has 0 aromatic carbocycles. The first kappa shape index (κ1) is 11.3. The van der Waals surface area contributed by atoms with Crippen LogP contribution in [0, 0.1) is 5.92 Å². The number of aromatic nitrogens is 2. The van der Waals surface area contributed by atoms with Gasteiger partial charge in [0.15, 0.2) is 5.15 Å². The lowest BCUT2D eigenvalue weighted by Crippen LogP contribution is -2.11. The number of hydrogen-bond acceptors (Lipinski definition) is 4. The highest BCUT2D eigenvalue weighted by Crippen LogP contribution is 2.18. The summed E-state index contributed by atoms with van der Waals surface area (Å²) in [5, 5.41) is 17.1. The smallest absolute Gasteiger partial charge is 0.307 e. The van der Waals surface area contributed by atoms with Crippen molar-refractivity contribution >= 4 is 29.3 Å². The third-order valence-corrected chi connectivity index (χ3v) is 2.89. The van der Waals surface area contributed by atoms with Crippen LogP contribution in [0.3, 0.4) is 0 Å². The maximum atomic E-state index is 10.5. The summed E-state index contributed by atoms with van der Waals surface area (Å²) in [6, 6.07) is 3.34. The average Bonchev–Trinajstić information content (AvgIpc) is 2.16. The summed E-state index contributed by atoms with van der Waals surface area (Å²) in [6.07, 6.45) is 0.